The lowest BCUT2D eigenvalue weighted by atomic mass is 9.94. The van der Waals surface area contributed by atoms with Gasteiger partial charge in [-0.15, -0.1) is 0 Å². The average molecular weight is 234 g/mol. The Balaban J connectivity index is 2.90. The average Bonchev–Trinajstić information content (AvgIpc) is 2.28. The first-order valence-electron chi connectivity index (χ1n) is 6.10. The predicted molar refractivity (Wildman–Crippen MR) is 72.0 cm³/mol. The molecular formula is C14H22N2O. The van der Waals surface area contributed by atoms with Gasteiger partial charge in [-0.25, -0.2) is 0 Å². The van der Waals surface area contributed by atoms with E-state index in [1.807, 2.05) is 13.0 Å². The third-order valence-electron chi connectivity index (χ3n) is 3.47. The van der Waals surface area contributed by atoms with E-state index >= 15 is 0 Å². The fraction of sp³-hybridized carbons (Fsp3) is 0.500. The molecule has 0 aliphatic carbocycles. The molecule has 1 aromatic rings. The molecule has 0 saturated carbocycles. The summed E-state index contributed by atoms with van der Waals surface area (Å²) in [5.74, 6) is -0.0197. The van der Waals surface area contributed by atoms with E-state index in [1.54, 1.807) is 12.1 Å². The quantitative estimate of drug-likeness (QED) is 0.787. The van der Waals surface area contributed by atoms with E-state index in [0.717, 1.165) is 18.4 Å². The van der Waals surface area contributed by atoms with Crippen molar-refractivity contribution in [3.63, 3.8) is 0 Å². The van der Waals surface area contributed by atoms with E-state index in [1.165, 1.54) is 0 Å². The van der Waals surface area contributed by atoms with Gasteiger partial charge in [0.15, 0.2) is 0 Å². The van der Waals surface area contributed by atoms with E-state index in [2.05, 4.69) is 26.1 Å². The van der Waals surface area contributed by atoms with Crippen LogP contribution in [0.15, 0.2) is 18.2 Å². The van der Waals surface area contributed by atoms with E-state index in [4.69, 9.17) is 5.73 Å². The van der Waals surface area contributed by atoms with Crippen molar-refractivity contribution < 1.29 is 4.79 Å². The second-order valence-electron chi connectivity index (χ2n) is 4.80. The lowest BCUT2D eigenvalue weighted by Crippen LogP contribution is -2.45. The smallest absolute Gasteiger partial charge is 0.251 e. The molecule has 3 N–H and O–H groups in total. The van der Waals surface area contributed by atoms with Gasteiger partial charge in [0.1, 0.15) is 0 Å². The van der Waals surface area contributed by atoms with Crippen molar-refractivity contribution in [1.82, 2.24) is 5.32 Å². The molecule has 0 fully saturated rings. The van der Waals surface area contributed by atoms with Crippen LogP contribution in [0.25, 0.3) is 0 Å². The van der Waals surface area contributed by atoms with E-state index in [-0.39, 0.29) is 11.4 Å². The number of carbonyl (C=O) groups excluding carboxylic acids is 1. The summed E-state index contributed by atoms with van der Waals surface area (Å²) in [7, 11) is 0. The van der Waals surface area contributed by atoms with Gasteiger partial charge in [-0.1, -0.05) is 13.8 Å². The first-order chi connectivity index (χ1) is 7.91. The Morgan fingerprint density at radius 2 is 1.94 bits per heavy atom. The Morgan fingerprint density at radius 3 is 2.41 bits per heavy atom. The number of rotatable bonds is 4. The lowest BCUT2D eigenvalue weighted by molar-refractivity contribution is 0.0900. The number of aryl methyl sites for hydroxylation is 1. The summed E-state index contributed by atoms with van der Waals surface area (Å²) >= 11 is 0. The highest BCUT2D eigenvalue weighted by molar-refractivity contribution is 5.96. The number of nitrogens with two attached hydrogens (primary N) is 1. The van der Waals surface area contributed by atoms with Gasteiger partial charge in [0.25, 0.3) is 5.91 Å². The third kappa shape index (κ3) is 3.22. The Bertz CT molecular complexity index is 409. The number of nitrogens with one attached hydrogen (secondary N) is 1. The largest absolute Gasteiger partial charge is 0.399 e. The minimum absolute atomic E-state index is 0.0197. The molecule has 0 atom stereocenters. The van der Waals surface area contributed by atoms with Crippen LogP contribution >= 0.6 is 0 Å². The molecule has 17 heavy (non-hydrogen) atoms. The highest BCUT2D eigenvalue weighted by Gasteiger charge is 2.23. The number of nitrogen functional groups attached to an aromatic ring is 1. The minimum Gasteiger partial charge on any atom is -0.399 e. The maximum Gasteiger partial charge on any atom is 0.251 e. The van der Waals surface area contributed by atoms with Gasteiger partial charge < -0.3 is 11.1 Å². The minimum atomic E-state index is -0.134. The zero-order valence-corrected chi connectivity index (χ0v) is 11.1. The summed E-state index contributed by atoms with van der Waals surface area (Å²) in [5.41, 5.74) is 7.84. The highest BCUT2D eigenvalue weighted by Crippen LogP contribution is 2.17. The molecule has 0 spiro atoms. The molecule has 1 rings (SSSR count). The van der Waals surface area contributed by atoms with Crippen LogP contribution in [-0.4, -0.2) is 11.4 Å². The van der Waals surface area contributed by atoms with Crippen LogP contribution in [0.1, 0.15) is 49.5 Å². The van der Waals surface area contributed by atoms with Crippen LogP contribution in [0, 0.1) is 6.92 Å². The molecule has 94 valence electrons. The molecule has 1 aromatic carbocycles. The summed E-state index contributed by atoms with van der Waals surface area (Å²) in [6, 6.07) is 5.37. The zero-order chi connectivity index (χ0) is 13.1. The molecule has 3 heteroatoms. The first-order valence-corrected chi connectivity index (χ1v) is 6.10. The van der Waals surface area contributed by atoms with Gasteiger partial charge in [-0.05, 0) is 50.5 Å². The van der Waals surface area contributed by atoms with Crippen molar-refractivity contribution in [2.24, 2.45) is 0 Å². The van der Waals surface area contributed by atoms with Crippen molar-refractivity contribution >= 4 is 11.6 Å². The third-order valence-corrected chi connectivity index (χ3v) is 3.47. The van der Waals surface area contributed by atoms with Gasteiger partial charge in [0.2, 0.25) is 0 Å². The molecule has 3 nitrogen and oxygen atoms in total. The van der Waals surface area contributed by atoms with Crippen LogP contribution in [-0.2, 0) is 0 Å². The summed E-state index contributed by atoms with van der Waals surface area (Å²) in [6.07, 6.45) is 1.84. The fourth-order valence-corrected chi connectivity index (χ4v) is 1.71. The van der Waals surface area contributed by atoms with Crippen molar-refractivity contribution in [2.45, 2.75) is 46.1 Å². The predicted octanol–water partition coefficient (Wildman–Crippen LogP) is 2.89. The topological polar surface area (TPSA) is 55.1 Å². The molecule has 0 bridgehead atoms. The number of anilines is 1. The van der Waals surface area contributed by atoms with Crippen molar-refractivity contribution in [1.29, 1.82) is 0 Å². The number of benzene rings is 1. The molecule has 0 unspecified atom stereocenters. The number of carbonyl (C=O) groups is 1. The molecule has 1 amide bonds. The van der Waals surface area contributed by atoms with Crippen LogP contribution in [0.2, 0.25) is 0 Å². The molecule has 0 aliphatic rings. The second-order valence-corrected chi connectivity index (χ2v) is 4.80. The number of hydrogen-bond acceptors (Lipinski definition) is 2. The van der Waals surface area contributed by atoms with Crippen molar-refractivity contribution in [2.75, 3.05) is 5.73 Å². The zero-order valence-electron chi connectivity index (χ0n) is 11.1. The van der Waals surface area contributed by atoms with Crippen molar-refractivity contribution in [3.8, 4) is 0 Å². The molecule has 0 saturated heterocycles. The Kier molecular flexibility index (Phi) is 4.16. The summed E-state index contributed by atoms with van der Waals surface area (Å²) in [6.45, 7) is 8.14. The Labute approximate surface area is 103 Å². The molecular weight excluding hydrogens is 212 g/mol. The normalized spacial score (nSPS) is 11.3. The van der Waals surface area contributed by atoms with Crippen LogP contribution in [0.3, 0.4) is 0 Å². The fourth-order valence-electron chi connectivity index (χ4n) is 1.71. The molecule has 0 aromatic heterocycles. The highest BCUT2D eigenvalue weighted by atomic mass is 16.1. The summed E-state index contributed by atoms with van der Waals surface area (Å²) in [4.78, 5) is 12.2. The first kappa shape index (κ1) is 13.6. The Hall–Kier alpha value is -1.51. The second kappa shape index (κ2) is 5.21. The van der Waals surface area contributed by atoms with Crippen molar-refractivity contribution in [3.05, 3.63) is 29.3 Å². The maximum absolute atomic E-state index is 12.2. The standard InChI is InChI=1S/C14H22N2O/c1-5-14(4,6-2)16-13(17)12-8-7-11(15)9-10(12)3/h7-9H,5-6,15H2,1-4H3,(H,16,17). The lowest BCUT2D eigenvalue weighted by Gasteiger charge is -2.28. The number of amides is 1. The van der Waals surface area contributed by atoms with Gasteiger partial charge >= 0.3 is 0 Å². The molecule has 0 heterocycles. The van der Waals surface area contributed by atoms with Gasteiger partial charge in [0, 0.05) is 16.8 Å². The number of hydrogen-bond donors (Lipinski definition) is 2. The molecule has 0 aliphatic heterocycles. The van der Waals surface area contributed by atoms with E-state index in [9.17, 15) is 4.79 Å². The molecule has 0 radical (unpaired) electrons. The van der Waals surface area contributed by atoms with Gasteiger partial charge in [0.05, 0.1) is 0 Å². The SMILES string of the molecule is CCC(C)(CC)NC(=O)c1ccc(N)cc1C. The summed E-state index contributed by atoms with van der Waals surface area (Å²) in [5, 5.41) is 3.09. The monoisotopic (exact) mass is 234 g/mol. The van der Waals surface area contributed by atoms with Crippen LogP contribution in [0.4, 0.5) is 5.69 Å². The maximum atomic E-state index is 12.2. The van der Waals surface area contributed by atoms with E-state index < -0.39 is 0 Å². The van der Waals surface area contributed by atoms with Gasteiger partial charge in [-0.3, -0.25) is 4.79 Å². The van der Waals surface area contributed by atoms with Gasteiger partial charge in [-0.2, -0.15) is 0 Å². The summed E-state index contributed by atoms with van der Waals surface area (Å²) < 4.78 is 0. The van der Waals surface area contributed by atoms with E-state index in [0.29, 0.717) is 11.3 Å². The Morgan fingerprint density at radius 1 is 1.35 bits per heavy atom. The van der Waals surface area contributed by atoms with Crippen LogP contribution < -0.4 is 11.1 Å². The van der Waals surface area contributed by atoms with Crippen LogP contribution in [0.5, 0.6) is 0 Å².